The standard InChI is InChI=1S/C26H21N3O3S2/c30-21-12-13-22(31)29(21)16-7-5-6-15(14-16)24(32)28-26-23(17-8-1-3-10-19(17)33-26)25-27-18-9-2-4-11-20(18)34-25/h2,4-7,9,11,14H,1,3,8,10,12-13H2,(H,28,32). The topological polar surface area (TPSA) is 79.4 Å². The Hall–Kier alpha value is -3.36. The molecular weight excluding hydrogens is 466 g/mol. The molecule has 3 amide bonds. The first kappa shape index (κ1) is 21.2. The first-order valence-electron chi connectivity index (χ1n) is 11.4. The van der Waals surface area contributed by atoms with E-state index in [9.17, 15) is 14.4 Å². The molecule has 1 saturated heterocycles. The van der Waals surface area contributed by atoms with Gasteiger partial charge in [-0.25, -0.2) is 4.98 Å². The molecule has 1 fully saturated rings. The molecule has 0 atom stereocenters. The van der Waals surface area contributed by atoms with E-state index in [4.69, 9.17) is 4.98 Å². The van der Waals surface area contributed by atoms with E-state index in [1.54, 1.807) is 46.9 Å². The lowest BCUT2D eigenvalue weighted by atomic mass is 9.95. The molecule has 6 rings (SSSR count). The summed E-state index contributed by atoms with van der Waals surface area (Å²) in [5.41, 5.74) is 4.15. The minimum absolute atomic E-state index is 0.210. The smallest absolute Gasteiger partial charge is 0.256 e. The van der Waals surface area contributed by atoms with Gasteiger partial charge in [0.2, 0.25) is 11.8 Å². The third kappa shape index (κ3) is 3.63. The van der Waals surface area contributed by atoms with Gasteiger partial charge in [0.05, 0.1) is 15.9 Å². The van der Waals surface area contributed by atoms with Crippen LogP contribution in [0.5, 0.6) is 0 Å². The van der Waals surface area contributed by atoms with Crippen LogP contribution in [0.25, 0.3) is 20.8 Å². The van der Waals surface area contributed by atoms with Crippen LogP contribution >= 0.6 is 22.7 Å². The van der Waals surface area contributed by atoms with Crippen molar-refractivity contribution in [3.8, 4) is 10.6 Å². The number of imide groups is 1. The zero-order valence-corrected chi connectivity index (χ0v) is 19.9. The molecule has 0 bridgehead atoms. The Balaban J connectivity index is 1.37. The van der Waals surface area contributed by atoms with Gasteiger partial charge >= 0.3 is 0 Å². The molecule has 0 radical (unpaired) electrons. The Labute approximate surface area is 204 Å². The van der Waals surface area contributed by atoms with Crippen molar-refractivity contribution in [2.75, 3.05) is 10.2 Å². The predicted octanol–water partition coefficient (Wildman–Crippen LogP) is 5.81. The molecule has 3 heterocycles. The van der Waals surface area contributed by atoms with E-state index < -0.39 is 0 Å². The molecule has 2 aliphatic rings. The van der Waals surface area contributed by atoms with E-state index >= 15 is 0 Å². The Kier molecular flexibility index (Phi) is 5.27. The number of benzene rings is 2. The van der Waals surface area contributed by atoms with E-state index in [2.05, 4.69) is 11.4 Å². The molecule has 1 aliphatic heterocycles. The van der Waals surface area contributed by atoms with Crippen LogP contribution in [0.1, 0.15) is 46.5 Å². The van der Waals surface area contributed by atoms with Crippen LogP contribution in [-0.4, -0.2) is 22.7 Å². The number of carbonyl (C=O) groups is 3. The third-order valence-electron chi connectivity index (χ3n) is 6.32. The number of hydrogen-bond donors (Lipinski definition) is 1. The number of amides is 3. The molecule has 34 heavy (non-hydrogen) atoms. The Morgan fingerprint density at radius 2 is 1.71 bits per heavy atom. The SMILES string of the molecule is O=C(Nc1sc2c(c1-c1nc3ccccc3s1)CCCC2)c1cccc(N2C(=O)CCC2=O)c1. The number of nitrogens with one attached hydrogen (secondary N) is 1. The zero-order valence-electron chi connectivity index (χ0n) is 18.3. The van der Waals surface area contributed by atoms with Gasteiger partial charge in [0.1, 0.15) is 10.0 Å². The molecule has 2 aromatic carbocycles. The lowest BCUT2D eigenvalue weighted by Gasteiger charge is -2.15. The average Bonchev–Trinajstić information content (AvgIpc) is 3.53. The number of hydrogen-bond acceptors (Lipinski definition) is 6. The maximum atomic E-state index is 13.3. The second-order valence-corrected chi connectivity index (χ2v) is 10.7. The van der Waals surface area contributed by atoms with Gasteiger partial charge in [-0.2, -0.15) is 0 Å². The van der Waals surface area contributed by atoms with Gasteiger partial charge in [-0.3, -0.25) is 19.3 Å². The summed E-state index contributed by atoms with van der Waals surface area (Å²) in [7, 11) is 0. The van der Waals surface area contributed by atoms with Crippen molar-refractivity contribution in [3.63, 3.8) is 0 Å². The van der Waals surface area contributed by atoms with Crippen molar-refractivity contribution in [1.82, 2.24) is 4.98 Å². The second-order valence-electron chi connectivity index (χ2n) is 8.53. The van der Waals surface area contributed by atoms with Gasteiger partial charge in [-0.05, 0) is 61.6 Å². The number of thiazole rings is 1. The van der Waals surface area contributed by atoms with Gasteiger partial charge in [-0.15, -0.1) is 22.7 Å². The van der Waals surface area contributed by atoms with Gasteiger partial charge < -0.3 is 5.32 Å². The molecule has 0 saturated carbocycles. The molecule has 1 N–H and O–H groups in total. The summed E-state index contributed by atoms with van der Waals surface area (Å²) in [6, 6.07) is 14.8. The Bertz CT molecular complexity index is 1420. The van der Waals surface area contributed by atoms with Crippen molar-refractivity contribution in [1.29, 1.82) is 0 Å². The number of aromatic nitrogens is 1. The first-order valence-corrected chi connectivity index (χ1v) is 13.0. The number of rotatable bonds is 4. The van der Waals surface area contributed by atoms with Gasteiger partial charge in [0, 0.05) is 28.8 Å². The summed E-state index contributed by atoms with van der Waals surface area (Å²) in [6.07, 6.45) is 4.71. The number of thiophene rings is 1. The molecule has 0 spiro atoms. The maximum absolute atomic E-state index is 13.3. The Morgan fingerprint density at radius 3 is 2.53 bits per heavy atom. The second kappa shape index (κ2) is 8.45. The van der Waals surface area contributed by atoms with Crippen LogP contribution in [0.15, 0.2) is 48.5 Å². The number of aryl methyl sites for hydroxylation is 1. The molecule has 1 aliphatic carbocycles. The quantitative estimate of drug-likeness (QED) is 0.369. The van der Waals surface area contributed by atoms with Crippen LogP contribution in [0.4, 0.5) is 10.7 Å². The lowest BCUT2D eigenvalue weighted by molar-refractivity contribution is -0.121. The lowest BCUT2D eigenvalue weighted by Crippen LogP contribution is -2.28. The summed E-state index contributed by atoms with van der Waals surface area (Å²) >= 11 is 3.28. The largest absolute Gasteiger partial charge is 0.313 e. The fraction of sp³-hybridized carbons (Fsp3) is 0.231. The summed E-state index contributed by atoms with van der Waals surface area (Å²) in [5, 5.41) is 4.87. The number of fused-ring (bicyclic) bond motifs is 2. The maximum Gasteiger partial charge on any atom is 0.256 e. The number of carbonyl (C=O) groups excluding carboxylic acids is 3. The van der Waals surface area contributed by atoms with Crippen molar-refractivity contribution in [2.24, 2.45) is 0 Å². The summed E-state index contributed by atoms with van der Waals surface area (Å²) in [5.74, 6) is -0.722. The van der Waals surface area contributed by atoms with E-state index in [1.807, 2.05) is 18.2 Å². The highest BCUT2D eigenvalue weighted by atomic mass is 32.1. The fourth-order valence-electron chi connectivity index (χ4n) is 4.69. The first-order chi connectivity index (χ1) is 16.6. The van der Waals surface area contributed by atoms with Crippen molar-refractivity contribution < 1.29 is 14.4 Å². The van der Waals surface area contributed by atoms with Gasteiger partial charge in [0.25, 0.3) is 5.91 Å². The van der Waals surface area contributed by atoms with Crippen LogP contribution in [0.2, 0.25) is 0 Å². The summed E-state index contributed by atoms with van der Waals surface area (Å²) in [4.78, 5) is 45.0. The molecule has 0 unspecified atom stereocenters. The van der Waals surface area contributed by atoms with Gasteiger partial charge in [0.15, 0.2) is 0 Å². The fourth-order valence-corrected chi connectivity index (χ4v) is 7.08. The Morgan fingerprint density at radius 1 is 0.912 bits per heavy atom. The molecule has 4 aromatic rings. The third-order valence-corrected chi connectivity index (χ3v) is 8.59. The van der Waals surface area contributed by atoms with E-state index in [0.29, 0.717) is 11.3 Å². The highest BCUT2D eigenvalue weighted by Gasteiger charge is 2.31. The minimum Gasteiger partial charge on any atom is -0.313 e. The van der Waals surface area contributed by atoms with E-state index in [-0.39, 0.29) is 30.6 Å². The molecule has 170 valence electrons. The van der Waals surface area contributed by atoms with Crippen LogP contribution in [0.3, 0.4) is 0 Å². The van der Waals surface area contributed by atoms with Crippen LogP contribution in [0, 0.1) is 0 Å². The van der Waals surface area contributed by atoms with Crippen molar-refractivity contribution in [2.45, 2.75) is 38.5 Å². The molecule has 8 heteroatoms. The van der Waals surface area contributed by atoms with Crippen molar-refractivity contribution >= 4 is 61.3 Å². The summed E-state index contributed by atoms with van der Waals surface area (Å²) in [6.45, 7) is 0. The highest BCUT2D eigenvalue weighted by molar-refractivity contribution is 7.23. The number of para-hydroxylation sites is 1. The molecule has 2 aromatic heterocycles. The molecular formula is C26H21N3O3S2. The van der Waals surface area contributed by atoms with E-state index in [0.717, 1.165) is 51.5 Å². The van der Waals surface area contributed by atoms with Crippen molar-refractivity contribution in [3.05, 3.63) is 64.5 Å². The van der Waals surface area contributed by atoms with Crippen LogP contribution in [-0.2, 0) is 22.4 Å². The summed E-state index contributed by atoms with van der Waals surface area (Å²) < 4.78 is 1.12. The normalized spacial score (nSPS) is 15.7. The highest BCUT2D eigenvalue weighted by Crippen LogP contribution is 2.46. The average molecular weight is 488 g/mol. The predicted molar refractivity (Wildman–Crippen MR) is 136 cm³/mol. The zero-order chi connectivity index (χ0) is 23.2. The minimum atomic E-state index is -0.262. The number of nitrogens with zero attached hydrogens (tertiary/aromatic N) is 2. The monoisotopic (exact) mass is 487 g/mol. The van der Waals surface area contributed by atoms with E-state index in [1.165, 1.54) is 15.3 Å². The molecule has 6 nitrogen and oxygen atoms in total. The number of anilines is 2. The van der Waals surface area contributed by atoms with Crippen LogP contribution < -0.4 is 10.2 Å². The van der Waals surface area contributed by atoms with Gasteiger partial charge in [-0.1, -0.05) is 18.2 Å².